The number of carbonyl (C=O) groups is 1. The fourth-order valence-electron chi connectivity index (χ4n) is 0.562. The SMILES string of the molecule is CCC(=O)O[SH]1C=CC=C1.Cl. The zero-order valence-corrected chi connectivity index (χ0v) is 7.90. The maximum absolute atomic E-state index is 10.7. The molecule has 0 N–H and O–H groups in total. The van der Waals surface area contributed by atoms with E-state index in [2.05, 4.69) is 0 Å². The molecule has 0 unspecified atom stereocenters. The van der Waals surface area contributed by atoms with E-state index in [1.807, 2.05) is 23.0 Å². The lowest BCUT2D eigenvalue weighted by atomic mass is 10.5. The topological polar surface area (TPSA) is 26.3 Å². The van der Waals surface area contributed by atoms with Crippen molar-refractivity contribution in [1.29, 1.82) is 0 Å². The van der Waals surface area contributed by atoms with Crippen molar-refractivity contribution in [2.24, 2.45) is 0 Å². The fraction of sp³-hybridized carbons (Fsp3) is 0.286. The van der Waals surface area contributed by atoms with Gasteiger partial charge in [0.05, 0.1) is 0 Å². The van der Waals surface area contributed by atoms with E-state index in [1.165, 1.54) is 0 Å². The van der Waals surface area contributed by atoms with Crippen molar-refractivity contribution in [3.05, 3.63) is 23.0 Å². The third-order valence-electron chi connectivity index (χ3n) is 1.07. The summed E-state index contributed by atoms with van der Waals surface area (Å²) in [4.78, 5) is 10.7. The Morgan fingerprint density at radius 3 is 2.45 bits per heavy atom. The molecule has 0 saturated heterocycles. The molecule has 0 fully saturated rings. The highest BCUT2D eigenvalue weighted by atomic mass is 35.5. The standard InChI is InChI=1S/C7H10O2S.ClH/c1-2-7(8)9-10-5-3-4-6-10;/h3-6,10H,2H2,1H3;1H. The molecule has 0 aromatic carbocycles. The minimum atomic E-state index is -0.701. The molecular formula is C7H11ClO2S. The van der Waals surface area contributed by atoms with Gasteiger partial charge in [-0.1, -0.05) is 30.3 Å². The van der Waals surface area contributed by atoms with E-state index in [9.17, 15) is 4.79 Å². The summed E-state index contributed by atoms with van der Waals surface area (Å²) in [5, 5.41) is 3.81. The molecule has 0 amide bonds. The first kappa shape index (κ1) is 10.6. The van der Waals surface area contributed by atoms with Crippen LogP contribution in [0, 0.1) is 0 Å². The highest BCUT2D eigenvalue weighted by Gasteiger charge is 2.03. The molecule has 0 bridgehead atoms. The molecule has 1 aliphatic rings. The predicted molar refractivity (Wildman–Crippen MR) is 50.9 cm³/mol. The number of thiol groups is 1. The van der Waals surface area contributed by atoms with Crippen molar-refractivity contribution in [3.8, 4) is 0 Å². The predicted octanol–water partition coefficient (Wildman–Crippen LogP) is 2.32. The van der Waals surface area contributed by atoms with Crippen LogP contribution < -0.4 is 0 Å². The summed E-state index contributed by atoms with van der Waals surface area (Å²) >= 11 is -0.701. The number of hydrogen-bond acceptors (Lipinski definition) is 2. The van der Waals surface area contributed by atoms with Gasteiger partial charge in [-0.15, -0.1) is 12.4 Å². The molecule has 1 aliphatic heterocycles. The summed E-state index contributed by atoms with van der Waals surface area (Å²) in [6.45, 7) is 1.79. The van der Waals surface area contributed by atoms with Crippen LogP contribution >= 0.6 is 23.6 Å². The van der Waals surface area contributed by atoms with Crippen molar-refractivity contribution in [2.45, 2.75) is 13.3 Å². The Balaban J connectivity index is 0.000001000. The van der Waals surface area contributed by atoms with Gasteiger partial charge < -0.3 is 4.18 Å². The molecule has 1 heterocycles. The van der Waals surface area contributed by atoms with Gasteiger partial charge >= 0.3 is 5.97 Å². The molecule has 64 valence electrons. The number of halogens is 1. The van der Waals surface area contributed by atoms with Crippen LogP contribution in [0.25, 0.3) is 0 Å². The first-order chi connectivity index (χ1) is 4.83. The van der Waals surface area contributed by atoms with Crippen molar-refractivity contribution < 1.29 is 8.98 Å². The second-order valence-corrected chi connectivity index (χ2v) is 3.36. The quantitative estimate of drug-likeness (QED) is 0.683. The van der Waals surface area contributed by atoms with E-state index in [0.717, 1.165) is 0 Å². The molecule has 0 aromatic rings. The molecule has 0 spiro atoms. The Bertz CT molecular complexity index is 177. The molecule has 0 aromatic heterocycles. The average Bonchev–Trinajstić information content (AvgIpc) is 2.40. The van der Waals surface area contributed by atoms with Crippen LogP contribution in [0.1, 0.15) is 13.3 Å². The maximum Gasteiger partial charge on any atom is 0.316 e. The molecule has 0 atom stereocenters. The van der Waals surface area contributed by atoms with Gasteiger partial charge in [0.25, 0.3) is 0 Å². The molecule has 4 heteroatoms. The second kappa shape index (κ2) is 5.27. The Kier molecular flexibility index (Phi) is 5.07. The molecule has 0 radical (unpaired) electrons. The Hall–Kier alpha value is -0.410. The summed E-state index contributed by atoms with van der Waals surface area (Å²) in [6.07, 6.45) is 4.25. The van der Waals surface area contributed by atoms with E-state index in [4.69, 9.17) is 4.18 Å². The number of rotatable bonds is 2. The third-order valence-corrected chi connectivity index (χ3v) is 2.42. The summed E-state index contributed by atoms with van der Waals surface area (Å²) in [7, 11) is 0. The Morgan fingerprint density at radius 2 is 2.00 bits per heavy atom. The van der Waals surface area contributed by atoms with Gasteiger partial charge in [-0.05, 0) is 10.8 Å². The van der Waals surface area contributed by atoms with Gasteiger partial charge in [-0.2, -0.15) is 0 Å². The van der Waals surface area contributed by atoms with Crippen molar-refractivity contribution in [1.82, 2.24) is 0 Å². The molecule has 1 rings (SSSR count). The average molecular weight is 195 g/mol. The van der Waals surface area contributed by atoms with Crippen LogP contribution in [0.3, 0.4) is 0 Å². The van der Waals surface area contributed by atoms with Gasteiger partial charge in [0.1, 0.15) is 0 Å². The van der Waals surface area contributed by atoms with E-state index in [0.29, 0.717) is 6.42 Å². The molecule has 0 saturated carbocycles. The smallest absolute Gasteiger partial charge is 0.316 e. The highest BCUT2D eigenvalue weighted by Crippen LogP contribution is 2.33. The summed E-state index contributed by atoms with van der Waals surface area (Å²) in [5.41, 5.74) is 0. The zero-order chi connectivity index (χ0) is 7.40. The molecule has 11 heavy (non-hydrogen) atoms. The van der Waals surface area contributed by atoms with Gasteiger partial charge in [0.15, 0.2) is 0 Å². The summed E-state index contributed by atoms with van der Waals surface area (Å²) in [6, 6.07) is 0. The number of carbonyl (C=O) groups excluding carboxylic acids is 1. The monoisotopic (exact) mass is 194 g/mol. The van der Waals surface area contributed by atoms with Crippen molar-refractivity contribution in [2.75, 3.05) is 0 Å². The first-order valence-corrected chi connectivity index (χ1v) is 4.57. The minimum absolute atomic E-state index is 0. The van der Waals surface area contributed by atoms with Crippen LogP contribution in [0.4, 0.5) is 0 Å². The van der Waals surface area contributed by atoms with Crippen LogP contribution in [-0.2, 0) is 8.98 Å². The van der Waals surface area contributed by atoms with Gasteiger partial charge in [0, 0.05) is 6.42 Å². The van der Waals surface area contributed by atoms with E-state index >= 15 is 0 Å². The maximum atomic E-state index is 10.7. The first-order valence-electron chi connectivity index (χ1n) is 3.17. The molecule has 2 nitrogen and oxygen atoms in total. The van der Waals surface area contributed by atoms with Crippen LogP contribution in [0.15, 0.2) is 23.0 Å². The van der Waals surface area contributed by atoms with E-state index < -0.39 is 11.2 Å². The Labute approximate surface area is 75.3 Å². The zero-order valence-electron chi connectivity index (χ0n) is 6.19. The van der Waals surface area contributed by atoms with Crippen LogP contribution in [-0.4, -0.2) is 5.97 Å². The fourth-order valence-corrected chi connectivity index (χ4v) is 1.69. The second-order valence-electron chi connectivity index (χ2n) is 1.86. The van der Waals surface area contributed by atoms with Gasteiger partial charge in [0.2, 0.25) is 0 Å². The normalized spacial score (nSPS) is 16.3. The number of allylic oxidation sites excluding steroid dienone is 2. The van der Waals surface area contributed by atoms with Crippen LogP contribution in [0.5, 0.6) is 0 Å². The third kappa shape index (κ3) is 3.49. The van der Waals surface area contributed by atoms with Crippen LogP contribution in [0.2, 0.25) is 0 Å². The summed E-state index contributed by atoms with van der Waals surface area (Å²) < 4.78 is 5.01. The van der Waals surface area contributed by atoms with E-state index in [1.54, 1.807) is 6.92 Å². The molecule has 0 aliphatic carbocycles. The Morgan fingerprint density at radius 1 is 1.45 bits per heavy atom. The largest absolute Gasteiger partial charge is 0.410 e. The van der Waals surface area contributed by atoms with Crippen molar-refractivity contribution >= 4 is 29.6 Å². The lowest BCUT2D eigenvalue weighted by Crippen LogP contribution is -1.96. The lowest BCUT2D eigenvalue weighted by molar-refractivity contribution is -0.132. The minimum Gasteiger partial charge on any atom is -0.410 e. The van der Waals surface area contributed by atoms with Crippen molar-refractivity contribution in [3.63, 3.8) is 0 Å². The molecular weight excluding hydrogens is 184 g/mol. The van der Waals surface area contributed by atoms with Gasteiger partial charge in [-0.25, -0.2) is 0 Å². The van der Waals surface area contributed by atoms with Gasteiger partial charge in [-0.3, -0.25) is 4.79 Å². The summed E-state index contributed by atoms with van der Waals surface area (Å²) in [5.74, 6) is -0.123. The highest BCUT2D eigenvalue weighted by molar-refractivity contribution is 8.18. The van der Waals surface area contributed by atoms with E-state index in [-0.39, 0.29) is 18.4 Å². The number of hydrogen-bond donors (Lipinski definition) is 1. The lowest BCUT2D eigenvalue weighted by Gasteiger charge is -2.09.